The number of carboxylic acids is 1. The first-order valence-electron chi connectivity index (χ1n) is 7.55. The molecule has 2 aliphatic rings. The average molecular weight is 322 g/mol. The average Bonchev–Trinajstić information content (AvgIpc) is 2.86. The summed E-state index contributed by atoms with van der Waals surface area (Å²) in [7, 11) is 0. The fourth-order valence-corrected chi connectivity index (χ4v) is 3.33. The Balaban J connectivity index is 2.00. The molecule has 0 aromatic rings. The third-order valence-corrected chi connectivity index (χ3v) is 4.77. The summed E-state index contributed by atoms with van der Waals surface area (Å²) in [5.41, 5.74) is 0. The molecule has 2 N–H and O–H groups in total. The number of amides is 2. The highest BCUT2D eigenvalue weighted by molar-refractivity contribution is 5.78. The highest BCUT2D eigenvalue weighted by Gasteiger charge is 2.53. The van der Waals surface area contributed by atoms with Gasteiger partial charge in [0.15, 0.2) is 0 Å². The van der Waals surface area contributed by atoms with Gasteiger partial charge in [0, 0.05) is 19.1 Å². The summed E-state index contributed by atoms with van der Waals surface area (Å²) >= 11 is 0. The van der Waals surface area contributed by atoms with Crippen LogP contribution in [-0.2, 0) is 4.79 Å². The molecule has 1 saturated carbocycles. The van der Waals surface area contributed by atoms with Crippen molar-refractivity contribution in [1.82, 2.24) is 10.2 Å². The molecule has 1 aliphatic carbocycles. The van der Waals surface area contributed by atoms with Gasteiger partial charge >= 0.3 is 18.2 Å². The van der Waals surface area contributed by atoms with Crippen molar-refractivity contribution < 1.29 is 27.9 Å². The lowest BCUT2D eigenvalue weighted by molar-refractivity contribution is -0.187. The third-order valence-electron chi connectivity index (χ3n) is 4.77. The molecule has 126 valence electrons. The fraction of sp³-hybridized carbons (Fsp3) is 0.857. The van der Waals surface area contributed by atoms with Crippen LogP contribution in [0.15, 0.2) is 0 Å². The molecular formula is C14H21F3N2O3. The van der Waals surface area contributed by atoms with E-state index in [-0.39, 0.29) is 12.0 Å². The Labute approximate surface area is 126 Å². The van der Waals surface area contributed by atoms with Crippen molar-refractivity contribution in [2.24, 2.45) is 17.8 Å². The van der Waals surface area contributed by atoms with Gasteiger partial charge in [-0.1, -0.05) is 19.8 Å². The Kier molecular flexibility index (Phi) is 4.87. The van der Waals surface area contributed by atoms with E-state index in [4.69, 9.17) is 5.11 Å². The van der Waals surface area contributed by atoms with Crippen LogP contribution < -0.4 is 5.32 Å². The van der Waals surface area contributed by atoms with Gasteiger partial charge in [0.05, 0.1) is 11.8 Å². The first kappa shape index (κ1) is 16.9. The van der Waals surface area contributed by atoms with Crippen LogP contribution in [0.2, 0.25) is 0 Å². The molecule has 22 heavy (non-hydrogen) atoms. The van der Waals surface area contributed by atoms with Crippen LogP contribution >= 0.6 is 0 Å². The second-order valence-electron chi connectivity index (χ2n) is 6.32. The fourth-order valence-electron chi connectivity index (χ4n) is 3.33. The van der Waals surface area contributed by atoms with Crippen molar-refractivity contribution in [2.75, 3.05) is 13.1 Å². The van der Waals surface area contributed by atoms with Gasteiger partial charge in [-0.2, -0.15) is 13.2 Å². The van der Waals surface area contributed by atoms with Crippen LogP contribution in [-0.4, -0.2) is 47.3 Å². The molecule has 2 rings (SSSR count). The lowest BCUT2D eigenvalue weighted by Gasteiger charge is -2.31. The molecule has 0 aromatic carbocycles. The quantitative estimate of drug-likeness (QED) is 0.820. The van der Waals surface area contributed by atoms with Gasteiger partial charge in [0.2, 0.25) is 0 Å². The van der Waals surface area contributed by atoms with Crippen LogP contribution in [0.25, 0.3) is 0 Å². The highest BCUT2D eigenvalue weighted by atomic mass is 19.4. The molecule has 1 aliphatic heterocycles. The number of hydrogen-bond acceptors (Lipinski definition) is 2. The summed E-state index contributed by atoms with van der Waals surface area (Å²) in [5, 5.41) is 11.7. The number of hydrogen-bond donors (Lipinski definition) is 2. The van der Waals surface area contributed by atoms with E-state index in [2.05, 4.69) is 5.32 Å². The molecule has 0 radical (unpaired) electrons. The van der Waals surface area contributed by atoms with Crippen LogP contribution in [0.3, 0.4) is 0 Å². The molecule has 4 atom stereocenters. The summed E-state index contributed by atoms with van der Waals surface area (Å²) in [4.78, 5) is 24.1. The van der Waals surface area contributed by atoms with Gasteiger partial charge in [0.1, 0.15) is 0 Å². The van der Waals surface area contributed by atoms with Gasteiger partial charge in [-0.15, -0.1) is 0 Å². The van der Waals surface area contributed by atoms with Gasteiger partial charge in [-0.05, 0) is 18.8 Å². The van der Waals surface area contributed by atoms with Crippen LogP contribution in [0.5, 0.6) is 0 Å². The molecule has 0 spiro atoms. The predicted molar refractivity (Wildman–Crippen MR) is 72.2 cm³/mol. The van der Waals surface area contributed by atoms with E-state index in [1.807, 2.05) is 6.92 Å². The van der Waals surface area contributed by atoms with E-state index in [0.717, 1.165) is 30.6 Å². The number of carbonyl (C=O) groups excluding carboxylic acids is 1. The Morgan fingerprint density at radius 2 is 1.82 bits per heavy atom. The molecule has 1 saturated heterocycles. The SMILES string of the molecule is CC1CCCCC1NC(=O)N1C[C@@H](C(F)(F)F)[C@H](C(=O)O)C1. The smallest absolute Gasteiger partial charge is 0.394 e. The topological polar surface area (TPSA) is 69.6 Å². The molecule has 2 unspecified atom stereocenters. The molecule has 1 heterocycles. The number of carboxylic acid groups (broad SMARTS) is 1. The minimum atomic E-state index is -4.61. The summed E-state index contributed by atoms with van der Waals surface area (Å²) in [6, 6.07) is -0.633. The molecular weight excluding hydrogens is 301 g/mol. The number of halogens is 3. The minimum Gasteiger partial charge on any atom is -0.481 e. The summed E-state index contributed by atoms with van der Waals surface area (Å²) < 4.78 is 38.7. The number of nitrogens with one attached hydrogen (secondary N) is 1. The van der Waals surface area contributed by atoms with Crippen molar-refractivity contribution in [2.45, 2.75) is 44.8 Å². The zero-order valence-corrected chi connectivity index (χ0v) is 12.4. The Bertz CT molecular complexity index is 442. The number of rotatable bonds is 2. The van der Waals surface area contributed by atoms with Crippen molar-refractivity contribution in [3.8, 4) is 0 Å². The van der Waals surface area contributed by atoms with Gasteiger partial charge in [0.25, 0.3) is 0 Å². The third kappa shape index (κ3) is 3.64. The number of urea groups is 1. The van der Waals surface area contributed by atoms with E-state index in [1.165, 1.54) is 0 Å². The van der Waals surface area contributed by atoms with Crippen LogP contribution in [0.4, 0.5) is 18.0 Å². The Morgan fingerprint density at radius 3 is 2.32 bits per heavy atom. The summed E-state index contributed by atoms with van der Waals surface area (Å²) in [6.07, 6.45) is -0.747. The van der Waals surface area contributed by atoms with Crippen molar-refractivity contribution >= 4 is 12.0 Å². The van der Waals surface area contributed by atoms with E-state index in [1.54, 1.807) is 0 Å². The number of carbonyl (C=O) groups is 2. The van der Waals surface area contributed by atoms with Crippen molar-refractivity contribution in [3.63, 3.8) is 0 Å². The zero-order valence-electron chi connectivity index (χ0n) is 12.4. The normalized spacial score (nSPS) is 32.8. The van der Waals surface area contributed by atoms with Gasteiger partial charge < -0.3 is 15.3 Å². The maximum atomic E-state index is 12.9. The molecule has 8 heteroatoms. The lowest BCUT2D eigenvalue weighted by atomic mass is 9.86. The highest BCUT2D eigenvalue weighted by Crippen LogP contribution is 2.37. The number of aliphatic carboxylic acids is 1. The first-order chi connectivity index (χ1) is 10.2. The monoisotopic (exact) mass is 322 g/mol. The zero-order chi connectivity index (χ0) is 16.5. The lowest BCUT2D eigenvalue weighted by Crippen LogP contribution is -2.47. The molecule has 0 bridgehead atoms. The standard InChI is InChI=1S/C14H21F3N2O3/c1-8-4-2-3-5-11(8)18-13(22)19-6-9(12(20)21)10(7-19)14(15,16)17/h8-11H,2-7H2,1H3,(H,18,22)(H,20,21)/t8?,9-,10-,11?/m1/s1. The number of likely N-dealkylation sites (tertiary alicyclic amines) is 1. The Morgan fingerprint density at radius 1 is 1.18 bits per heavy atom. The van der Waals surface area contributed by atoms with Crippen molar-refractivity contribution in [3.05, 3.63) is 0 Å². The van der Waals surface area contributed by atoms with E-state index in [0.29, 0.717) is 0 Å². The molecule has 0 aromatic heterocycles. The van der Waals surface area contributed by atoms with Gasteiger partial charge in [-0.25, -0.2) is 4.79 Å². The maximum Gasteiger partial charge on any atom is 0.394 e. The summed E-state index contributed by atoms with van der Waals surface area (Å²) in [6.45, 7) is 1.02. The Hall–Kier alpha value is -1.47. The molecule has 5 nitrogen and oxygen atoms in total. The maximum absolute atomic E-state index is 12.9. The van der Waals surface area contributed by atoms with Crippen molar-refractivity contribution in [1.29, 1.82) is 0 Å². The van der Waals surface area contributed by atoms with E-state index < -0.39 is 43.1 Å². The number of nitrogens with zero attached hydrogens (tertiary/aromatic N) is 1. The predicted octanol–water partition coefficient (Wildman–Crippen LogP) is 2.47. The van der Waals surface area contributed by atoms with E-state index in [9.17, 15) is 22.8 Å². The largest absolute Gasteiger partial charge is 0.481 e. The van der Waals surface area contributed by atoms with Crippen LogP contribution in [0.1, 0.15) is 32.6 Å². The summed E-state index contributed by atoms with van der Waals surface area (Å²) in [5.74, 6) is -4.81. The number of alkyl halides is 3. The second-order valence-corrected chi connectivity index (χ2v) is 6.32. The van der Waals surface area contributed by atoms with Gasteiger partial charge in [-0.3, -0.25) is 4.79 Å². The second kappa shape index (κ2) is 6.34. The first-order valence-corrected chi connectivity index (χ1v) is 7.55. The molecule has 2 fully saturated rings. The van der Waals surface area contributed by atoms with Crippen LogP contribution in [0, 0.1) is 17.8 Å². The van der Waals surface area contributed by atoms with E-state index >= 15 is 0 Å². The molecule has 2 amide bonds. The minimum absolute atomic E-state index is 0.0468.